The maximum atomic E-state index is 10.0. The van der Waals surface area contributed by atoms with Gasteiger partial charge in [0, 0.05) is 51.0 Å². The zero-order chi connectivity index (χ0) is 15.7. The third-order valence-corrected chi connectivity index (χ3v) is 5.40. The number of piperidine rings is 2. The minimum Gasteiger partial charge on any atom is -0.396 e. The first-order valence-corrected chi connectivity index (χ1v) is 8.12. The van der Waals surface area contributed by atoms with E-state index in [0.717, 1.165) is 44.1 Å². The number of anilines is 2. The molecule has 2 aliphatic rings. The molecule has 2 aliphatic heterocycles. The Morgan fingerprint density at radius 1 is 1.27 bits per heavy atom. The van der Waals surface area contributed by atoms with E-state index in [1.54, 1.807) is 12.4 Å². The summed E-state index contributed by atoms with van der Waals surface area (Å²) in [6, 6.07) is 0.386. The van der Waals surface area contributed by atoms with E-state index >= 15 is 0 Å². The molecule has 2 atom stereocenters. The normalized spacial score (nSPS) is 29.3. The van der Waals surface area contributed by atoms with E-state index in [-0.39, 0.29) is 12.0 Å². The van der Waals surface area contributed by atoms with Crippen LogP contribution in [0.4, 0.5) is 11.6 Å². The molecule has 6 nitrogen and oxygen atoms in total. The molecule has 0 unspecified atom stereocenters. The van der Waals surface area contributed by atoms with Gasteiger partial charge in [-0.2, -0.15) is 0 Å². The molecule has 6 heteroatoms. The topological polar surface area (TPSA) is 55.7 Å². The lowest BCUT2D eigenvalue weighted by Gasteiger charge is -2.53. The second-order valence-electron chi connectivity index (χ2n) is 6.91. The highest BCUT2D eigenvalue weighted by molar-refractivity contribution is 5.61. The highest BCUT2D eigenvalue weighted by Gasteiger charge is 2.46. The first kappa shape index (κ1) is 15.5. The lowest BCUT2D eigenvalue weighted by molar-refractivity contribution is -0.0277. The van der Waals surface area contributed by atoms with Gasteiger partial charge in [0.05, 0.1) is 6.61 Å². The van der Waals surface area contributed by atoms with Gasteiger partial charge >= 0.3 is 0 Å². The number of aliphatic hydroxyl groups is 1. The summed E-state index contributed by atoms with van der Waals surface area (Å²) < 4.78 is 0. The largest absolute Gasteiger partial charge is 0.396 e. The summed E-state index contributed by atoms with van der Waals surface area (Å²) >= 11 is 0. The van der Waals surface area contributed by atoms with Crippen LogP contribution in [-0.2, 0) is 0 Å². The van der Waals surface area contributed by atoms with Gasteiger partial charge in [0.15, 0.2) is 11.6 Å². The molecule has 0 saturated carbocycles. The van der Waals surface area contributed by atoms with Gasteiger partial charge in [-0.05, 0) is 32.9 Å². The summed E-state index contributed by atoms with van der Waals surface area (Å²) in [5.41, 5.74) is 0.0595. The summed E-state index contributed by atoms with van der Waals surface area (Å²) in [4.78, 5) is 15.8. The van der Waals surface area contributed by atoms with Gasteiger partial charge in [-0.15, -0.1) is 0 Å². The van der Waals surface area contributed by atoms with Crippen LogP contribution in [0.15, 0.2) is 12.4 Å². The Kier molecular flexibility index (Phi) is 4.23. The molecule has 1 aromatic heterocycles. The minimum atomic E-state index is 0.0595. The predicted octanol–water partition coefficient (Wildman–Crippen LogP) is 0.826. The molecule has 0 radical (unpaired) electrons. The Morgan fingerprint density at radius 3 is 2.77 bits per heavy atom. The minimum absolute atomic E-state index is 0.0595. The fourth-order valence-electron chi connectivity index (χ4n) is 4.07. The first-order valence-electron chi connectivity index (χ1n) is 8.12. The van der Waals surface area contributed by atoms with Crippen LogP contribution in [-0.4, -0.2) is 73.4 Å². The molecule has 1 N–H and O–H groups in total. The Balaban J connectivity index is 1.87. The van der Waals surface area contributed by atoms with Gasteiger partial charge in [0.2, 0.25) is 0 Å². The van der Waals surface area contributed by atoms with Gasteiger partial charge in [-0.3, -0.25) is 0 Å². The molecule has 0 bridgehead atoms. The molecule has 2 saturated heterocycles. The van der Waals surface area contributed by atoms with Gasteiger partial charge in [-0.1, -0.05) is 0 Å². The lowest BCUT2D eigenvalue weighted by atomic mass is 9.69. The molecule has 0 aliphatic carbocycles. The van der Waals surface area contributed by atoms with E-state index < -0.39 is 0 Å². The van der Waals surface area contributed by atoms with Crippen molar-refractivity contribution in [1.82, 2.24) is 14.9 Å². The third-order valence-electron chi connectivity index (χ3n) is 5.40. The number of hydrogen-bond donors (Lipinski definition) is 1. The molecule has 0 aromatic carbocycles. The van der Waals surface area contributed by atoms with Crippen LogP contribution in [0.25, 0.3) is 0 Å². The molecule has 1 aromatic rings. The van der Waals surface area contributed by atoms with E-state index in [1.807, 2.05) is 19.0 Å². The third kappa shape index (κ3) is 2.54. The number of likely N-dealkylation sites (tertiary alicyclic amines) is 1. The van der Waals surface area contributed by atoms with Crippen molar-refractivity contribution in [2.24, 2.45) is 5.41 Å². The zero-order valence-corrected chi connectivity index (χ0v) is 13.9. The Labute approximate surface area is 132 Å². The fourth-order valence-corrected chi connectivity index (χ4v) is 4.07. The van der Waals surface area contributed by atoms with E-state index in [4.69, 9.17) is 0 Å². The van der Waals surface area contributed by atoms with Gasteiger partial charge in [-0.25, -0.2) is 9.97 Å². The van der Waals surface area contributed by atoms with Gasteiger partial charge in [0.1, 0.15) is 0 Å². The van der Waals surface area contributed by atoms with Gasteiger partial charge in [0.25, 0.3) is 0 Å². The molecule has 22 heavy (non-hydrogen) atoms. The number of nitrogens with zero attached hydrogens (tertiary/aromatic N) is 5. The molecular weight excluding hydrogens is 278 g/mol. The van der Waals surface area contributed by atoms with Gasteiger partial charge < -0.3 is 19.8 Å². The number of likely N-dealkylation sites (N-methyl/N-ethyl adjacent to an activating group) is 1. The second-order valence-corrected chi connectivity index (χ2v) is 6.91. The molecule has 0 spiro atoms. The van der Waals surface area contributed by atoms with Crippen LogP contribution in [0.2, 0.25) is 0 Å². The van der Waals surface area contributed by atoms with Crippen molar-refractivity contribution in [3.8, 4) is 0 Å². The van der Waals surface area contributed by atoms with Crippen molar-refractivity contribution in [2.45, 2.75) is 25.3 Å². The summed E-state index contributed by atoms with van der Waals surface area (Å²) in [6.45, 7) is 3.25. The van der Waals surface area contributed by atoms with Crippen molar-refractivity contribution in [2.75, 3.05) is 57.2 Å². The quantitative estimate of drug-likeness (QED) is 0.892. The summed E-state index contributed by atoms with van der Waals surface area (Å²) in [6.07, 6.45) is 6.84. The predicted molar refractivity (Wildman–Crippen MR) is 88.4 cm³/mol. The lowest BCUT2D eigenvalue weighted by Crippen LogP contribution is -2.61. The SMILES string of the molecule is CN(C)c1nccnc1N1CC[C@@]2(CO)CCCN(C)[C@@H]2C1. The summed E-state index contributed by atoms with van der Waals surface area (Å²) in [5, 5.41) is 10.0. The van der Waals surface area contributed by atoms with Crippen LogP contribution < -0.4 is 9.80 Å². The molecular formula is C16H27N5O. The Bertz CT molecular complexity index is 523. The highest BCUT2D eigenvalue weighted by Crippen LogP contribution is 2.42. The van der Waals surface area contributed by atoms with E-state index in [2.05, 4.69) is 26.8 Å². The molecule has 3 heterocycles. The fraction of sp³-hybridized carbons (Fsp3) is 0.750. The maximum Gasteiger partial charge on any atom is 0.172 e. The van der Waals surface area contributed by atoms with E-state index in [9.17, 15) is 5.11 Å². The van der Waals surface area contributed by atoms with Crippen molar-refractivity contribution < 1.29 is 5.11 Å². The van der Waals surface area contributed by atoms with Crippen molar-refractivity contribution in [1.29, 1.82) is 0 Å². The molecule has 0 amide bonds. The summed E-state index contributed by atoms with van der Waals surface area (Å²) in [7, 11) is 6.19. The van der Waals surface area contributed by atoms with Crippen LogP contribution in [0.5, 0.6) is 0 Å². The average molecular weight is 305 g/mol. The van der Waals surface area contributed by atoms with E-state index in [0.29, 0.717) is 6.04 Å². The van der Waals surface area contributed by atoms with Crippen LogP contribution in [0.1, 0.15) is 19.3 Å². The second kappa shape index (κ2) is 6.01. The smallest absolute Gasteiger partial charge is 0.172 e. The number of aliphatic hydroxyl groups excluding tert-OH is 1. The number of aromatic nitrogens is 2. The molecule has 122 valence electrons. The van der Waals surface area contributed by atoms with Crippen LogP contribution in [0.3, 0.4) is 0 Å². The van der Waals surface area contributed by atoms with Crippen LogP contribution >= 0.6 is 0 Å². The molecule has 2 fully saturated rings. The van der Waals surface area contributed by atoms with Crippen molar-refractivity contribution in [3.05, 3.63) is 12.4 Å². The molecule has 3 rings (SSSR count). The average Bonchev–Trinajstić information content (AvgIpc) is 2.55. The number of rotatable bonds is 3. The van der Waals surface area contributed by atoms with E-state index in [1.165, 1.54) is 6.42 Å². The van der Waals surface area contributed by atoms with Crippen LogP contribution in [0, 0.1) is 5.41 Å². The first-order chi connectivity index (χ1) is 10.6. The van der Waals surface area contributed by atoms with Crippen molar-refractivity contribution >= 4 is 11.6 Å². The summed E-state index contributed by atoms with van der Waals surface area (Å²) in [5.74, 6) is 1.87. The highest BCUT2D eigenvalue weighted by atomic mass is 16.3. The Hall–Kier alpha value is -1.40. The van der Waals surface area contributed by atoms with Crippen molar-refractivity contribution in [3.63, 3.8) is 0 Å². The monoisotopic (exact) mass is 305 g/mol. The maximum absolute atomic E-state index is 10.0. The standard InChI is InChI=1S/C16H27N5O/c1-19(2)14-15(18-8-7-17-14)21-10-6-16(12-22)5-4-9-20(3)13(16)11-21/h7-8,13,22H,4-6,9-12H2,1-3H3/t13-,16-/m1/s1. The number of fused-ring (bicyclic) bond motifs is 1. The zero-order valence-electron chi connectivity index (χ0n) is 13.9. The number of hydrogen-bond acceptors (Lipinski definition) is 6. The Morgan fingerprint density at radius 2 is 2.05 bits per heavy atom.